The quantitative estimate of drug-likeness (QED) is 0.539. The Morgan fingerprint density at radius 1 is 1.00 bits per heavy atom. The Balaban J connectivity index is 1.45. The number of aromatic nitrogens is 1. The molecule has 2 saturated heterocycles. The van der Waals surface area contributed by atoms with E-state index in [1.807, 2.05) is 36.4 Å². The molecule has 8 heteroatoms. The van der Waals surface area contributed by atoms with Gasteiger partial charge in [0.25, 0.3) is 5.91 Å². The number of carbonyl (C=O) groups excluding carboxylic acids is 3. The summed E-state index contributed by atoms with van der Waals surface area (Å²) in [5, 5.41) is 0. The van der Waals surface area contributed by atoms with Crippen molar-refractivity contribution in [3.63, 3.8) is 0 Å². The van der Waals surface area contributed by atoms with Crippen molar-refractivity contribution in [2.24, 2.45) is 0 Å². The van der Waals surface area contributed by atoms with E-state index in [0.717, 1.165) is 16.0 Å². The van der Waals surface area contributed by atoms with Crippen molar-refractivity contribution in [1.82, 2.24) is 14.8 Å². The number of para-hydroxylation sites is 1. The zero-order valence-corrected chi connectivity index (χ0v) is 18.1. The fraction of sp³-hybridized carbons (Fsp3) is 0.154. The zero-order chi connectivity index (χ0) is 23.5. The number of β-lactam (4-membered cyclic amide) rings is 1. The van der Waals surface area contributed by atoms with Gasteiger partial charge >= 0.3 is 12.2 Å². The van der Waals surface area contributed by atoms with Gasteiger partial charge in [0.2, 0.25) is 0 Å². The number of pyridine rings is 1. The molecule has 34 heavy (non-hydrogen) atoms. The van der Waals surface area contributed by atoms with Gasteiger partial charge in [0.05, 0.1) is 12.1 Å². The van der Waals surface area contributed by atoms with Crippen molar-refractivity contribution in [2.75, 3.05) is 6.61 Å². The average molecular weight is 455 g/mol. The summed E-state index contributed by atoms with van der Waals surface area (Å²) in [4.78, 5) is 45.4. The van der Waals surface area contributed by atoms with Gasteiger partial charge in [-0.25, -0.2) is 14.5 Å². The summed E-state index contributed by atoms with van der Waals surface area (Å²) in [6.07, 6.45) is 5.39. The first kappa shape index (κ1) is 21.4. The van der Waals surface area contributed by atoms with Gasteiger partial charge in [-0.15, -0.1) is 0 Å². The lowest BCUT2D eigenvalue weighted by atomic mass is 9.91. The number of benzene rings is 2. The third-order valence-corrected chi connectivity index (χ3v) is 5.82. The first-order chi connectivity index (χ1) is 16.6. The van der Waals surface area contributed by atoms with Crippen LogP contribution < -0.4 is 4.74 Å². The second-order valence-corrected chi connectivity index (χ2v) is 7.88. The van der Waals surface area contributed by atoms with E-state index in [2.05, 4.69) is 4.98 Å². The van der Waals surface area contributed by atoms with Crippen LogP contribution in [-0.4, -0.2) is 51.6 Å². The van der Waals surface area contributed by atoms with Crippen molar-refractivity contribution in [3.8, 4) is 5.75 Å². The van der Waals surface area contributed by atoms with Crippen molar-refractivity contribution < 1.29 is 23.9 Å². The van der Waals surface area contributed by atoms with Gasteiger partial charge in [-0.3, -0.25) is 14.7 Å². The number of imide groups is 1. The molecule has 2 aliphatic rings. The average Bonchev–Trinajstić information content (AvgIpc) is 3.24. The lowest BCUT2D eigenvalue weighted by Crippen LogP contribution is -2.72. The Bertz CT molecular complexity index is 1220. The minimum atomic E-state index is -0.906. The zero-order valence-electron chi connectivity index (χ0n) is 18.1. The molecule has 8 nitrogen and oxygen atoms in total. The molecule has 5 rings (SSSR count). The first-order valence-corrected chi connectivity index (χ1v) is 10.8. The Morgan fingerprint density at radius 3 is 2.44 bits per heavy atom. The second kappa shape index (κ2) is 9.19. The van der Waals surface area contributed by atoms with Crippen LogP contribution in [0.3, 0.4) is 0 Å². The van der Waals surface area contributed by atoms with Gasteiger partial charge in [0.1, 0.15) is 18.4 Å². The molecule has 0 aliphatic carbocycles. The van der Waals surface area contributed by atoms with Crippen LogP contribution in [0.2, 0.25) is 0 Å². The fourth-order valence-corrected chi connectivity index (χ4v) is 4.18. The van der Waals surface area contributed by atoms with E-state index in [1.165, 1.54) is 4.90 Å². The van der Waals surface area contributed by atoms with E-state index in [1.54, 1.807) is 60.9 Å². The molecule has 0 bridgehead atoms. The predicted molar refractivity (Wildman–Crippen MR) is 123 cm³/mol. The molecule has 2 aliphatic heterocycles. The number of rotatable bonds is 5. The Hall–Kier alpha value is -4.46. The summed E-state index contributed by atoms with van der Waals surface area (Å²) >= 11 is 0. The molecule has 3 aromatic rings. The smallest absolute Gasteiger partial charge is 0.422 e. The standard InChI is InChI=1S/C26H21N3O5/c30-24-23(28-22(17-33-25(28)31)19-9-3-1-4-10-19)21(14-13-18-8-7-15-27-16-18)29(24)26(32)34-20-11-5-2-6-12-20/h1-16,21-23H,17H2/b14-13+/t21-,22-,23-/m1/s1. The predicted octanol–water partition coefficient (Wildman–Crippen LogP) is 4.07. The number of nitrogens with zero attached hydrogens (tertiary/aromatic N) is 3. The van der Waals surface area contributed by atoms with Crippen LogP contribution in [0.15, 0.2) is 91.3 Å². The minimum absolute atomic E-state index is 0.125. The fourth-order valence-electron chi connectivity index (χ4n) is 4.18. The molecule has 3 amide bonds. The van der Waals surface area contributed by atoms with E-state index in [-0.39, 0.29) is 6.61 Å². The van der Waals surface area contributed by atoms with Crippen molar-refractivity contribution in [2.45, 2.75) is 18.1 Å². The number of cyclic esters (lactones) is 1. The molecule has 0 unspecified atom stereocenters. The van der Waals surface area contributed by atoms with Crippen LogP contribution in [0.4, 0.5) is 9.59 Å². The van der Waals surface area contributed by atoms with E-state index in [4.69, 9.17) is 9.47 Å². The number of carbonyl (C=O) groups is 3. The summed E-state index contributed by atoms with van der Waals surface area (Å²) in [6.45, 7) is 0.125. The van der Waals surface area contributed by atoms with Gasteiger partial charge < -0.3 is 9.47 Å². The van der Waals surface area contributed by atoms with Crippen LogP contribution in [-0.2, 0) is 9.53 Å². The van der Waals surface area contributed by atoms with Gasteiger partial charge in [-0.2, -0.15) is 0 Å². The number of hydrogen-bond acceptors (Lipinski definition) is 6. The van der Waals surface area contributed by atoms with Gasteiger partial charge in [0.15, 0.2) is 0 Å². The Morgan fingerprint density at radius 2 is 1.74 bits per heavy atom. The van der Waals surface area contributed by atoms with Crippen molar-refractivity contribution in [1.29, 1.82) is 0 Å². The minimum Gasteiger partial charge on any atom is -0.447 e. The largest absolute Gasteiger partial charge is 0.447 e. The molecule has 2 aromatic carbocycles. The van der Waals surface area contributed by atoms with Gasteiger partial charge in [-0.1, -0.05) is 66.7 Å². The van der Waals surface area contributed by atoms with Crippen LogP contribution in [0.1, 0.15) is 17.2 Å². The SMILES string of the molecule is O=C(Oc1ccccc1)N1C(=O)[C@H](N2C(=O)OC[C@@H]2c2ccccc2)[C@H]1/C=C/c1cccnc1. The second-order valence-electron chi connectivity index (χ2n) is 7.88. The van der Waals surface area contributed by atoms with Crippen LogP contribution >= 0.6 is 0 Å². The molecule has 3 atom stereocenters. The highest BCUT2D eigenvalue weighted by molar-refractivity contribution is 6.04. The van der Waals surface area contributed by atoms with Crippen LogP contribution in [0.25, 0.3) is 6.08 Å². The lowest BCUT2D eigenvalue weighted by molar-refractivity contribution is -0.150. The van der Waals surface area contributed by atoms with Crippen LogP contribution in [0.5, 0.6) is 5.75 Å². The maximum atomic E-state index is 13.3. The molecule has 2 fully saturated rings. The summed E-state index contributed by atoms with van der Waals surface area (Å²) in [6, 6.07) is 19.4. The number of ether oxygens (including phenoxy) is 2. The highest BCUT2D eigenvalue weighted by Gasteiger charge is 2.58. The number of amides is 3. The molecule has 0 saturated carbocycles. The third kappa shape index (κ3) is 4.01. The van der Waals surface area contributed by atoms with Crippen molar-refractivity contribution in [3.05, 3.63) is 102 Å². The maximum absolute atomic E-state index is 13.3. The molecule has 0 spiro atoms. The molecule has 170 valence electrons. The lowest BCUT2D eigenvalue weighted by Gasteiger charge is -2.47. The maximum Gasteiger partial charge on any atom is 0.422 e. The van der Waals surface area contributed by atoms with Gasteiger partial charge in [-0.05, 0) is 29.3 Å². The normalized spacial score (nSPS) is 21.9. The van der Waals surface area contributed by atoms with E-state index in [0.29, 0.717) is 5.75 Å². The monoisotopic (exact) mass is 455 g/mol. The molecular weight excluding hydrogens is 434 g/mol. The first-order valence-electron chi connectivity index (χ1n) is 10.8. The summed E-state index contributed by atoms with van der Waals surface area (Å²) in [5.41, 5.74) is 1.64. The molecular formula is C26H21N3O5. The topological polar surface area (TPSA) is 89.0 Å². The molecule has 1 aromatic heterocycles. The Labute approximate surface area is 196 Å². The highest BCUT2D eigenvalue weighted by Crippen LogP contribution is 2.37. The molecule has 0 radical (unpaired) electrons. The van der Waals surface area contributed by atoms with Crippen LogP contribution in [0, 0.1) is 0 Å². The molecule has 0 N–H and O–H groups in total. The summed E-state index contributed by atoms with van der Waals surface area (Å²) in [7, 11) is 0. The third-order valence-electron chi connectivity index (χ3n) is 5.82. The highest BCUT2D eigenvalue weighted by atomic mass is 16.6. The summed E-state index contributed by atoms with van der Waals surface area (Å²) < 4.78 is 10.7. The Kier molecular flexibility index (Phi) is 5.78. The molecule has 3 heterocycles. The van der Waals surface area contributed by atoms with Crippen molar-refractivity contribution >= 4 is 24.2 Å². The van der Waals surface area contributed by atoms with E-state index < -0.39 is 36.2 Å². The van der Waals surface area contributed by atoms with E-state index >= 15 is 0 Å². The van der Waals surface area contributed by atoms with E-state index in [9.17, 15) is 14.4 Å². The number of likely N-dealkylation sites (tertiary alicyclic amines) is 1. The van der Waals surface area contributed by atoms with Gasteiger partial charge in [0, 0.05) is 12.4 Å². The summed E-state index contributed by atoms with van der Waals surface area (Å²) in [5.74, 6) is -0.206. The number of hydrogen-bond donors (Lipinski definition) is 0.